The fraction of sp³-hybridized carbons (Fsp3) is 0.471. The molecule has 1 saturated heterocycles. The van der Waals surface area contributed by atoms with Crippen LogP contribution in [0.1, 0.15) is 49.5 Å². The highest BCUT2D eigenvalue weighted by atomic mass is 16.2. The number of hydrogen-bond acceptors (Lipinski definition) is 3. The summed E-state index contributed by atoms with van der Waals surface area (Å²) in [6.07, 6.45) is 9.14. The SMILES string of the molecule is CCCC[C@H]1CCCN1C(=O)c1cc(-c2ccncc2)n[nH]1. The molecule has 1 aliphatic rings. The normalized spacial score (nSPS) is 17.9. The van der Waals surface area contributed by atoms with Gasteiger partial charge in [0.2, 0.25) is 0 Å². The summed E-state index contributed by atoms with van der Waals surface area (Å²) in [4.78, 5) is 18.7. The van der Waals surface area contributed by atoms with Gasteiger partial charge in [0.25, 0.3) is 5.91 Å². The summed E-state index contributed by atoms with van der Waals surface area (Å²) in [5.41, 5.74) is 2.33. The molecule has 0 unspecified atom stereocenters. The Kier molecular flexibility index (Phi) is 4.51. The molecule has 3 heterocycles. The minimum atomic E-state index is 0.0754. The number of rotatable bonds is 5. The van der Waals surface area contributed by atoms with Gasteiger partial charge in [-0.2, -0.15) is 5.10 Å². The number of pyridine rings is 1. The molecule has 5 nitrogen and oxygen atoms in total. The van der Waals surface area contributed by atoms with Crippen LogP contribution < -0.4 is 0 Å². The van der Waals surface area contributed by atoms with Gasteiger partial charge in [0, 0.05) is 30.5 Å². The van der Waals surface area contributed by atoms with Gasteiger partial charge in [-0.15, -0.1) is 0 Å². The molecular formula is C17H22N4O. The van der Waals surface area contributed by atoms with E-state index >= 15 is 0 Å². The molecule has 0 spiro atoms. The summed E-state index contributed by atoms with van der Waals surface area (Å²) in [6, 6.07) is 6.02. The lowest BCUT2D eigenvalue weighted by Crippen LogP contribution is -2.35. The molecule has 5 heteroatoms. The molecule has 0 aliphatic carbocycles. The summed E-state index contributed by atoms with van der Waals surface area (Å²) in [6.45, 7) is 3.05. The Bertz CT molecular complexity index is 623. The van der Waals surface area contributed by atoms with Crippen molar-refractivity contribution >= 4 is 5.91 Å². The van der Waals surface area contributed by atoms with Gasteiger partial charge in [-0.3, -0.25) is 14.9 Å². The van der Waals surface area contributed by atoms with Crippen LogP contribution in [0.4, 0.5) is 0 Å². The Hall–Kier alpha value is -2.17. The zero-order valence-electron chi connectivity index (χ0n) is 13.0. The lowest BCUT2D eigenvalue weighted by Gasteiger charge is -2.23. The van der Waals surface area contributed by atoms with Crippen molar-refractivity contribution in [1.29, 1.82) is 0 Å². The predicted molar refractivity (Wildman–Crippen MR) is 85.4 cm³/mol. The number of amides is 1. The molecular weight excluding hydrogens is 276 g/mol. The van der Waals surface area contributed by atoms with Gasteiger partial charge in [0.05, 0.1) is 5.69 Å². The van der Waals surface area contributed by atoms with Crippen LogP contribution in [0.5, 0.6) is 0 Å². The third kappa shape index (κ3) is 3.03. The molecule has 1 aliphatic heterocycles. The van der Waals surface area contributed by atoms with Crippen molar-refractivity contribution in [3.63, 3.8) is 0 Å². The Morgan fingerprint density at radius 1 is 1.41 bits per heavy atom. The van der Waals surface area contributed by atoms with Crippen LogP contribution in [-0.2, 0) is 0 Å². The maximum Gasteiger partial charge on any atom is 0.272 e. The summed E-state index contributed by atoms with van der Waals surface area (Å²) in [5, 5.41) is 7.16. The summed E-state index contributed by atoms with van der Waals surface area (Å²) in [7, 11) is 0. The third-order valence-electron chi connectivity index (χ3n) is 4.31. The van der Waals surface area contributed by atoms with E-state index in [1.54, 1.807) is 12.4 Å². The van der Waals surface area contributed by atoms with Crippen molar-refractivity contribution in [2.45, 2.75) is 45.1 Å². The molecule has 0 aromatic carbocycles. The first-order chi connectivity index (χ1) is 10.8. The molecule has 2 aromatic heterocycles. The Labute approximate surface area is 130 Å². The van der Waals surface area contributed by atoms with Crippen LogP contribution in [-0.4, -0.2) is 38.6 Å². The second-order valence-electron chi connectivity index (χ2n) is 5.84. The predicted octanol–water partition coefficient (Wildman–Crippen LogP) is 3.27. The fourth-order valence-corrected chi connectivity index (χ4v) is 3.10. The Morgan fingerprint density at radius 3 is 3.00 bits per heavy atom. The number of hydrogen-bond donors (Lipinski definition) is 1. The van der Waals surface area contributed by atoms with Gasteiger partial charge in [-0.25, -0.2) is 0 Å². The van der Waals surface area contributed by atoms with Crippen LogP contribution in [0.25, 0.3) is 11.3 Å². The van der Waals surface area contributed by atoms with E-state index in [9.17, 15) is 4.79 Å². The number of nitrogens with one attached hydrogen (secondary N) is 1. The number of aromatic nitrogens is 3. The second kappa shape index (κ2) is 6.73. The average Bonchev–Trinajstić information content (AvgIpc) is 3.22. The van der Waals surface area contributed by atoms with Crippen molar-refractivity contribution in [2.75, 3.05) is 6.54 Å². The Morgan fingerprint density at radius 2 is 2.23 bits per heavy atom. The minimum Gasteiger partial charge on any atom is -0.334 e. The lowest BCUT2D eigenvalue weighted by atomic mass is 10.1. The maximum absolute atomic E-state index is 12.7. The standard InChI is InChI=1S/C17H22N4O/c1-2-3-5-14-6-4-11-21(14)17(22)16-12-15(19-20-16)13-7-9-18-10-8-13/h7-10,12,14H,2-6,11H2,1H3,(H,19,20)/t14-/m0/s1. The first-order valence-electron chi connectivity index (χ1n) is 8.06. The number of carbonyl (C=O) groups is 1. The number of H-pyrrole nitrogens is 1. The summed E-state index contributed by atoms with van der Waals surface area (Å²) in [5.74, 6) is 0.0754. The van der Waals surface area contributed by atoms with Gasteiger partial charge >= 0.3 is 0 Å². The zero-order valence-corrected chi connectivity index (χ0v) is 13.0. The van der Waals surface area contributed by atoms with E-state index in [0.717, 1.165) is 37.1 Å². The van der Waals surface area contributed by atoms with Gasteiger partial charge in [-0.1, -0.05) is 19.8 Å². The van der Waals surface area contributed by atoms with Crippen LogP contribution in [0.15, 0.2) is 30.6 Å². The van der Waals surface area contributed by atoms with E-state index in [2.05, 4.69) is 22.1 Å². The molecule has 0 saturated carbocycles. The molecule has 116 valence electrons. The summed E-state index contributed by atoms with van der Waals surface area (Å²) >= 11 is 0. The first kappa shape index (κ1) is 14.8. The third-order valence-corrected chi connectivity index (χ3v) is 4.31. The topological polar surface area (TPSA) is 61.9 Å². The maximum atomic E-state index is 12.7. The quantitative estimate of drug-likeness (QED) is 0.921. The molecule has 3 rings (SSSR count). The van der Waals surface area contributed by atoms with Crippen molar-refractivity contribution in [2.24, 2.45) is 0 Å². The van der Waals surface area contributed by atoms with Crippen LogP contribution in [0, 0.1) is 0 Å². The van der Waals surface area contributed by atoms with Crippen molar-refractivity contribution in [3.8, 4) is 11.3 Å². The molecule has 1 N–H and O–H groups in total. The number of unbranched alkanes of at least 4 members (excludes halogenated alkanes) is 1. The number of likely N-dealkylation sites (tertiary alicyclic amines) is 1. The van der Waals surface area contributed by atoms with Crippen LogP contribution >= 0.6 is 0 Å². The number of aromatic amines is 1. The zero-order chi connectivity index (χ0) is 15.4. The van der Waals surface area contributed by atoms with E-state index in [1.807, 2.05) is 23.1 Å². The van der Waals surface area contributed by atoms with Gasteiger partial charge in [0.15, 0.2) is 0 Å². The van der Waals surface area contributed by atoms with Gasteiger partial charge in [0.1, 0.15) is 5.69 Å². The molecule has 0 bridgehead atoms. The lowest BCUT2D eigenvalue weighted by molar-refractivity contribution is 0.0723. The van der Waals surface area contributed by atoms with Gasteiger partial charge < -0.3 is 4.90 Å². The first-order valence-corrected chi connectivity index (χ1v) is 8.06. The highest BCUT2D eigenvalue weighted by Gasteiger charge is 2.29. The van der Waals surface area contributed by atoms with Crippen molar-refractivity contribution in [3.05, 3.63) is 36.3 Å². The second-order valence-corrected chi connectivity index (χ2v) is 5.84. The van der Waals surface area contributed by atoms with E-state index in [0.29, 0.717) is 11.7 Å². The summed E-state index contributed by atoms with van der Waals surface area (Å²) < 4.78 is 0. The van der Waals surface area contributed by atoms with Gasteiger partial charge in [-0.05, 0) is 37.5 Å². The monoisotopic (exact) mass is 298 g/mol. The van der Waals surface area contributed by atoms with Crippen molar-refractivity contribution < 1.29 is 4.79 Å². The molecule has 0 radical (unpaired) electrons. The smallest absolute Gasteiger partial charge is 0.272 e. The molecule has 22 heavy (non-hydrogen) atoms. The number of nitrogens with zero attached hydrogens (tertiary/aromatic N) is 3. The largest absolute Gasteiger partial charge is 0.334 e. The highest BCUT2D eigenvalue weighted by Crippen LogP contribution is 2.25. The number of carbonyl (C=O) groups excluding carboxylic acids is 1. The van der Waals surface area contributed by atoms with E-state index in [4.69, 9.17) is 0 Å². The molecule has 1 atom stereocenters. The highest BCUT2D eigenvalue weighted by molar-refractivity contribution is 5.93. The average molecular weight is 298 g/mol. The minimum absolute atomic E-state index is 0.0754. The Balaban J connectivity index is 1.74. The molecule has 1 amide bonds. The van der Waals surface area contributed by atoms with Crippen molar-refractivity contribution in [1.82, 2.24) is 20.1 Å². The fourth-order valence-electron chi connectivity index (χ4n) is 3.10. The molecule has 2 aromatic rings. The van der Waals surface area contributed by atoms with E-state index in [1.165, 1.54) is 12.8 Å². The molecule has 1 fully saturated rings. The van der Waals surface area contributed by atoms with E-state index < -0.39 is 0 Å². The van der Waals surface area contributed by atoms with E-state index in [-0.39, 0.29) is 5.91 Å². The van der Waals surface area contributed by atoms with Crippen LogP contribution in [0.2, 0.25) is 0 Å². The van der Waals surface area contributed by atoms with Crippen LogP contribution in [0.3, 0.4) is 0 Å².